The molecule has 1 N–H and O–H groups in total. The number of alkyl halides is 3. The number of aryl methyl sites for hydroxylation is 1. The van der Waals surface area contributed by atoms with Crippen molar-refractivity contribution in [1.29, 1.82) is 0 Å². The maximum Gasteiger partial charge on any atom is 0.573 e. The molecule has 10 heteroatoms. The number of anilines is 1. The maximum atomic E-state index is 12.7. The molecule has 0 radical (unpaired) electrons. The van der Waals surface area contributed by atoms with Crippen molar-refractivity contribution in [3.8, 4) is 16.9 Å². The molecule has 0 spiro atoms. The first-order chi connectivity index (χ1) is 15.5. The van der Waals surface area contributed by atoms with E-state index in [1.54, 1.807) is 38.1 Å². The minimum atomic E-state index is -4.83. The summed E-state index contributed by atoms with van der Waals surface area (Å²) in [5.41, 5.74) is 1.86. The highest BCUT2D eigenvalue weighted by atomic mass is 32.2. The molecule has 0 saturated carbocycles. The van der Waals surface area contributed by atoms with Crippen LogP contribution in [0.4, 0.5) is 19.0 Å². The van der Waals surface area contributed by atoms with E-state index >= 15 is 0 Å². The molecule has 0 aliphatic heterocycles. The Labute approximate surface area is 189 Å². The molecule has 0 saturated heterocycles. The zero-order valence-corrected chi connectivity index (χ0v) is 18.6. The van der Waals surface area contributed by atoms with Crippen molar-refractivity contribution < 1.29 is 31.1 Å². The Morgan fingerprint density at radius 2 is 1.73 bits per heavy atom. The molecule has 0 atom stereocenters. The van der Waals surface area contributed by atoms with Crippen LogP contribution in [0.25, 0.3) is 11.1 Å². The first kappa shape index (κ1) is 24.2. The monoisotopic (exact) mass is 478 g/mol. The highest BCUT2D eigenvalue weighted by molar-refractivity contribution is 7.91. The van der Waals surface area contributed by atoms with Gasteiger partial charge in [0.1, 0.15) is 11.6 Å². The van der Waals surface area contributed by atoms with Crippen LogP contribution in [0.5, 0.6) is 5.75 Å². The molecule has 1 amide bonds. The molecule has 1 heterocycles. The fraction of sp³-hybridized carbons (Fsp3) is 0.217. The third-order valence-electron chi connectivity index (χ3n) is 4.81. The molecular weight excluding hydrogens is 457 g/mol. The standard InChI is InChI=1S/C23H21F3N2O4S/c1-3-33(30,31)17-10-8-16(9-11-17)13-22(29)28-21-12-15(2)19(14-27-21)18-6-4-5-7-20(18)32-23(24,25)26/h4-12,14H,3,13H2,1-2H3,(H,27,28,29). The molecule has 0 aliphatic carbocycles. The number of halogens is 3. The number of aromatic nitrogens is 1. The Morgan fingerprint density at radius 3 is 2.33 bits per heavy atom. The Hall–Kier alpha value is -3.40. The van der Waals surface area contributed by atoms with E-state index in [-0.39, 0.29) is 40.1 Å². The van der Waals surface area contributed by atoms with Crippen molar-refractivity contribution in [3.63, 3.8) is 0 Å². The van der Waals surface area contributed by atoms with Crippen molar-refractivity contribution in [2.75, 3.05) is 11.1 Å². The predicted octanol–water partition coefficient (Wildman–Crippen LogP) is 4.93. The molecule has 0 fully saturated rings. The van der Waals surface area contributed by atoms with Gasteiger partial charge in [-0.05, 0) is 42.3 Å². The van der Waals surface area contributed by atoms with Crippen LogP contribution >= 0.6 is 0 Å². The van der Waals surface area contributed by atoms with E-state index in [1.165, 1.54) is 36.5 Å². The largest absolute Gasteiger partial charge is 0.573 e. The summed E-state index contributed by atoms with van der Waals surface area (Å²) in [7, 11) is -3.32. The number of amides is 1. The Kier molecular flexibility index (Phi) is 7.06. The summed E-state index contributed by atoms with van der Waals surface area (Å²) in [6, 6.07) is 13.3. The van der Waals surface area contributed by atoms with Gasteiger partial charge in [0, 0.05) is 17.3 Å². The first-order valence-corrected chi connectivity index (χ1v) is 11.6. The van der Waals surface area contributed by atoms with Gasteiger partial charge in [0.05, 0.1) is 17.1 Å². The minimum absolute atomic E-state index is 0.00279. The van der Waals surface area contributed by atoms with E-state index in [9.17, 15) is 26.4 Å². The number of nitrogens with one attached hydrogen (secondary N) is 1. The number of para-hydroxylation sites is 1. The molecule has 3 aromatic rings. The van der Waals surface area contributed by atoms with Crippen LogP contribution in [0, 0.1) is 6.92 Å². The summed E-state index contributed by atoms with van der Waals surface area (Å²) < 4.78 is 66.0. The van der Waals surface area contributed by atoms with E-state index < -0.39 is 16.2 Å². The number of hydrogen-bond donors (Lipinski definition) is 1. The van der Waals surface area contributed by atoms with Gasteiger partial charge in [-0.2, -0.15) is 0 Å². The number of pyridine rings is 1. The van der Waals surface area contributed by atoms with E-state index in [4.69, 9.17) is 0 Å². The predicted molar refractivity (Wildman–Crippen MR) is 118 cm³/mol. The Bertz CT molecular complexity index is 1260. The second-order valence-corrected chi connectivity index (χ2v) is 9.48. The van der Waals surface area contributed by atoms with Crippen LogP contribution in [0.1, 0.15) is 18.1 Å². The molecule has 174 valence electrons. The van der Waals surface area contributed by atoms with Gasteiger partial charge in [0.2, 0.25) is 5.91 Å². The quantitative estimate of drug-likeness (QED) is 0.521. The number of rotatable bonds is 7. The van der Waals surface area contributed by atoms with E-state index in [1.807, 2.05) is 0 Å². The lowest BCUT2D eigenvalue weighted by atomic mass is 10.0. The van der Waals surface area contributed by atoms with Crippen LogP contribution in [0.2, 0.25) is 0 Å². The minimum Gasteiger partial charge on any atom is -0.405 e. The van der Waals surface area contributed by atoms with E-state index in [0.717, 1.165) is 0 Å². The van der Waals surface area contributed by atoms with Crippen molar-refractivity contribution in [2.45, 2.75) is 31.5 Å². The molecule has 2 aromatic carbocycles. The number of carbonyl (C=O) groups is 1. The smallest absolute Gasteiger partial charge is 0.405 e. The molecule has 3 rings (SSSR count). The molecule has 0 aliphatic rings. The van der Waals surface area contributed by atoms with Crippen molar-refractivity contribution >= 4 is 21.6 Å². The lowest BCUT2D eigenvalue weighted by molar-refractivity contribution is -0.274. The maximum absolute atomic E-state index is 12.7. The normalized spacial score (nSPS) is 11.8. The summed E-state index contributed by atoms with van der Waals surface area (Å²) in [5.74, 6) is -0.497. The summed E-state index contributed by atoms with van der Waals surface area (Å²) in [5, 5.41) is 2.64. The second kappa shape index (κ2) is 9.62. The number of carbonyl (C=O) groups excluding carboxylic acids is 1. The van der Waals surface area contributed by atoms with Gasteiger partial charge in [-0.25, -0.2) is 13.4 Å². The average Bonchev–Trinajstić information content (AvgIpc) is 2.74. The molecule has 0 unspecified atom stereocenters. The molecular formula is C23H21F3N2O4S. The van der Waals surface area contributed by atoms with Gasteiger partial charge in [-0.1, -0.05) is 37.3 Å². The Balaban J connectivity index is 1.73. The van der Waals surface area contributed by atoms with Gasteiger partial charge in [0.25, 0.3) is 0 Å². The van der Waals surface area contributed by atoms with Crippen LogP contribution in [0.15, 0.2) is 65.7 Å². The summed E-state index contributed by atoms with van der Waals surface area (Å²) >= 11 is 0. The third-order valence-corrected chi connectivity index (χ3v) is 6.56. The number of hydrogen-bond acceptors (Lipinski definition) is 5. The van der Waals surface area contributed by atoms with Crippen molar-refractivity contribution in [2.24, 2.45) is 0 Å². The molecule has 1 aromatic heterocycles. The van der Waals surface area contributed by atoms with Gasteiger partial charge < -0.3 is 10.1 Å². The first-order valence-electron chi connectivity index (χ1n) is 9.92. The van der Waals surface area contributed by atoms with Gasteiger partial charge in [0.15, 0.2) is 9.84 Å². The number of nitrogens with zero attached hydrogens (tertiary/aromatic N) is 1. The number of benzene rings is 2. The van der Waals surface area contributed by atoms with E-state index in [0.29, 0.717) is 16.7 Å². The van der Waals surface area contributed by atoms with Crippen LogP contribution < -0.4 is 10.1 Å². The average molecular weight is 478 g/mol. The van der Waals surface area contributed by atoms with Crippen LogP contribution in [-0.2, 0) is 21.1 Å². The van der Waals surface area contributed by atoms with Crippen molar-refractivity contribution in [1.82, 2.24) is 4.98 Å². The van der Waals surface area contributed by atoms with Crippen molar-refractivity contribution in [3.05, 3.63) is 71.9 Å². The summed E-state index contributed by atoms with van der Waals surface area (Å²) in [4.78, 5) is 16.7. The summed E-state index contributed by atoms with van der Waals surface area (Å²) in [6.45, 7) is 3.24. The van der Waals surface area contributed by atoms with Gasteiger partial charge >= 0.3 is 6.36 Å². The summed E-state index contributed by atoms with van der Waals surface area (Å²) in [6.07, 6.45) is -3.46. The highest BCUT2D eigenvalue weighted by Gasteiger charge is 2.32. The number of ether oxygens (including phenoxy) is 1. The molecule has 0 bridgehead atoms. The fourth-order valence-corrected chi connectivity index (χ4v) is 4.05. The van der Waals surface area contributed by atoms with Gasteiger partial charge in [-0.3, -0.25) is 4.79 Å². The fourth-order valence-electron chi connectivity index (χ4n) is 3.16. The topological polar surface area (TPSA) is 85.4 Å². The lowest BCUT2D eigenvalue weighted by Gasteiger charge is -2.15. The SMILES string of the molecule is CCS(=O)(=O)c1ccc(CC(=O)Nc2cc(C)c(-c3ccccc3OC(F)(F)F)cn2)cc1. The van der Waals surface area contributed by atoms with Crippen LogP contribution in [-0.4, -0.2) is 31.4 Å². The third kappa shape index (κ3) is 6.32. The van der Waals surface area contributed by atoms with E-state index in [2.05, 4.69) is 15.0 Å². The zero-order valence-electron chi connectivity index (χ0n) is 17.8. The Morgan fingerprint density at radius 1 is 1.06 bits per heavy atom. The second-order valence-electron chi connectivity index (χ2n) is 7.20. The molecule has 33 heavy (non-hydrogen) atoms. The van der Waals surface area contributed by atoms with Crippen LogP contribution in [0.3, 0.4) is 0 Å². The van der Waals surface area contributed by atoms with Gasteiger partial charge in [-0.15, -0.1) is 13.2 Å². The highest BCUT2D eigenvalue weighted by Crippen LogP contribution is 2.35. The number of sulfone groups is 1. The molecule has 6 nitrogen and oxygen atoms in total. The zero-order chi connectivity index (χ0) is 24.2. The lowest BCUT2D eigenvalue weighted by Crippen LogP contribution is -2.17.